The molecule has 25 heavy (non-hydrogen) atoms. The number of carbonyl (C=O) groups is 2. The average Bonchev–Trinajstić information content (AvgIpc) is 2.61. The fourth-order valence-electron chi connectivity index (χ4n) is 2.11. The molecular formula is C19H18ClFO4. The van der Waals surface area contributed by atoms with Crippen LogP contribution in [0.3, 0.4) is 0 Å². The van der Waals surface area contributed by atoms with E-state index < -0.39 is 17.8 Å². The summed E-state index contributed by atoms with van der Waals surface area (Å²) in [5, 5.41) is 0. The molecule has 0 fully saturated rings. The molecule has 0 atom stereocenters. The lowest BCUT2D eigenvalue weighted by Gasteiger charge is -2.10. The number of alkyl halides is 1. The van der Waals surface area contributed by atoms with Gasteiger partial charge in [0.2, 0.25) is 0 Å². The maximum absolute atomic E-state index is 13.7. The maximum atomic E-state index is 13.7. The Morgan fingerprint density at radius 2 is 1.52 bits per heavy atom. The van der Waals surface area contributed by atoms with Crippen molar-refractivity contribution in [3.8, 4) is 11.5 Å². The van der Waals surface area contributed by atoms with Gasteiger partial charge in [-0.3, -0.25) is 4.79 Å². The SMILES string of the molecule is O=C(CCCCCCl)Oc1ccccc1OC(=O)c1ccccc1F. The number of hydrogen-bond donors (Lipinski definition) is 0. The molecule has 0 aliphatic carbocycles. The van der Waals surface area contributed by atoms with Gasteiger partial charge in [0.15, 0.2) is 11.5 Å². The largest absolute Gasteiger partial charge is 0.423 e. The third kappa shape index (κ3) is 5.87. The van der Waals surface area contributed by atoms with Crippen molar-refractivity contribution in [2.75, 3.05) is 5.88 Å². The van der Waals surface area contributed by atoms with Gasteiger partial charge in [-0.05, 0) is 37.1 Å². The summed E-state index contributed by atoms with van der Waals surface area (Å²) in [6.45, 7) is 0. The highest BCUT2D eigenvalue weighted by atomic mass is 35.5. The number of rotatable bonds is 8. The van der Waals surface area contributed by atoms with Crippen LogP contribution in [0.5, 0.6) is 11.5 Å². The van der Waals surface area contributed by atoms with Gasteiger partial charge in [0.05, 0.1) is 5.56 Å². The number of para-hydroxylation sites is 2. The van der Waals surface area contributed by atoms with E-state index in [1.54, 1.807) is 12.1 Å². The summed E-state index contributed by atoms with van der Waals surface area (Å²) >= 11 is 5.59. The van der Waals surface area contributed by atoms with Crippen LogP contribution >= 0.6 is 11.6 Å². The van der Waals surface area contributed by atoms with Gasteiger partial charge in [-0.15, -0.1) is 11.6 Å². The molecule has 0 N–H and O–H groups in total. The molecule has 4 nitrogen and oxygen atoms in total. The average molecular weight is 365 g/mol. The Bertz CT molecular complexity index is 733. The molecule has 2 aromatic carbocycles. The number of ether oxygens (including phenoxy) is 2. The molecule has 132 valence electrons. The lowest BCUT2D eigenvalue weighted by Crippen LogP contribution is -2.13. The Labute approximate surface area is 150 Å². The van der Waals surface area contributed by atoms with Crippen molar-refractivity contribution in [2.24, 2.45) is 0 Å². The summed E-state index contributed by atoms with van der Waals surface area (Å²) in [6.07, 6.45) is 2.59. The van der Waals surface area contributed by atoms with Crippen molar-refractivity contribution in [3.05, 3.63) is 59.9 Å². The zero-order valence-electron chi connectivity index (χ0n) is 13.5. The third-order valence-electron chi connectivity index (χ3n) is 3.38. The first-order valence-electron chi connectivity index (χ1n) is 7.94. The molecule has 0 saturated carbocycles. The highest BCUT2D eigenvalue weighted by Gasteiger charge is 2.17. The predicted octanol–water partition coefficient (Wildman–Crippen LogP) is 4.75. The molecule has 2 rings (SSSR count). The van der Waals surface area contributed by atoms with Crippen molar-refractivity contribution >= 4 is 23.5 Å². The summed E-state index contributed by atoms with van der Waals surface area (Å²) in [5.74, 6) is -1.22. The van der Waals surface area contributed by atoms with Crippen molar-refractivity contribution in [1.82, 2.24) is 0 Å². The molecule has 6 heteroatoms. The molecule has 0 unspecified atom stereocenters. The van der Waals surface area contributed by atoms with E-state index in [1.807, 2.05) is 0 Å². The third-order valence-corrected chi connectivity index (χ3v) is 3.65. The topological polar surface area (TPSA) is 52.6 Å². The number of benzene rings is 2. The molecule has 0 amide bonds. The van der Waals surface area contributed by atoms with Gasteiger partial charge in [0, 0.05) is 12.3 Å². The molecule has 0 radical (unpaired) electrons. The van der Waals surface area contributed by atoms with Crippen LogP contribution in [0.4, 0.5) is 4.39 Å². The number of carbonyl (C=O) groups excluding carboxylic acids is 2. The Hall–Kier alpha value is -2.40. The van der Waals surface area contributed by atoms with Crippen LogP contribution in [0.1, 0.15) is 36.0 Å². The fourth-order valence-corrected chi connectivity index (χ4v) is 2.30. The minimum atomic E-state index is -0.858. The summed E-state index contributed by atoms with van der Waals surface area (Å²) in [6, 6.07) is 11.8. The van der Waals surface area contributed by atoms with Crippen LogP contribution in [-0.4, -0.2) is 17.8 Å². The minimum Gasteiger partial charge on any atom is -0.423 e. The first kappa shape index (κ1) is 18.9. The molecule has 0 heterocycles. The van der Waals surface area contributed by atoms with Crippen LogP contribution in [0.2, 0.25) is 0 Å². The molecule has 0 aliphatic rings. The summed E-state index contributed by atoms with van der Waals surface area (Å²) in [4.78, 5) is 24.0. The lowest BCUT2D eigenvalue weighted by molar-refractivity contribution is -0.134. The molecule has 0 spiro atoms. The zero-order chi connectivity index (χ0) is 18.1. The molecule has 0 bridgehead atoms. The fraction of sp³-hybridized carbons (Fsp3) is 0.263. The molecule has 0 aromatic heterocycles. The molecule has 2 aromatic rings. The van der Waals surface area contributed by atoms with Gasteiger partial charge in [0.1, 0.15) is 5.82 Å². The Morgan fingerprint density at radius 1 is 0.880 bits per heavy atom. The summed E-state index contributed by atoms with van der Waals surface area (Å²) in [7, 11) is 0. The highest BCUT2D eigenvalue weighted by Crippen LogP contribution is 2.28. The van der Waals surface area contributed by atoms with Gasteiger partial charge in [-0.25, -0.2) is 9.18 Å². The number of esters is 2. The second-order valence-corrected chi connectivity index (χ2v) is 5.67. The zero-order valence-corrected chi connectivity index (χ0v) is 14.3. The monoisotopic (exact) mass is 364 g/mol. The molecule has 0 saturated heterocycles. The normalized spacial score (nSPS) is 10.3. The van der Waals surface area contributed by atoms with E-state index in [4.69, 9.17) is 21.1 Å². The maximum Gasteiger partial charge on any atom is 0.346 e. The van der Waals surface area contributed by atoms with E-state index in [2.05, 4.69) is 0 Å². The van der Waals surface area contributed by atoms with E-state index in [1.165, 1.54) is 36.4 Å². The van der Waals surface area contributed by atoms with Crippen LogP contribution in [0.15, 0.2) is 48.5 Å². The van der Waals surface area contributed by atoms with E-state index in [-0.39, 0.29) is 23.5 Å². The minimum absolute atomic E-state index is 0.0601. The highest BCUT2D eigenvalue weighted by molar-refractivity contribution is 6.17. The van der Waals surface area contributed by atoms with Gasteiger partial charge in [-0.1, -0.05) is 30.7 Å². The van der Waals surface area contributed by atoms with Gasteiger partial charge in [0.25, 0.3) is 0 Å². The lowest BCUT2D eigenvalue weighted by atomic mass is 10.2. The second kappa shape index (κ2) is 9.79. The standard InChI is InChI=1S/C19H18ClFO4/c20-13-7-1-2-12-18(22)24-16-10-5-6-11-17(16)25-19(23)14-8-3-4-9-15(14)21/h3-6,8-11H,1-2,7,12-13H2. The summed E-state index contributed by atoms with van der Waals surface area (Å²) in [5.41, 5.74) is -0.190. The van der Waals surface area contributed by atoms with Crippen LogP contribution in [0, 0.1) is 5.82 Å². The Balaban J connectivity index is 2.01. The Morgan fingerprint density at radius 3 is 2.20 bits per heavy atom. The summed E-state index contributed by atoms with van der Waals surface area (Å²) < 4.78 is 24.1. The van der Waals surface area contributed by atoms with E-state index in [0.29, 0.717) is 12.3 Å². The van der Waals surface area contributed by atoms with Crippen molar-refractivity contribution in [3.63, 3.8) is 0 Å². The number of hydrogen-bond acceptors (Lipinski definition) is 4. The van der Waals surface area contributed by atoms with Crippen molar-refractivity contribution in [1.29, 1.82) is 0 Å². The van der Waals surface area contributed by atoms with Crippen LogP contribution in [0.25, 0.3) is 0 Å². The quantitative estimate of drug-likeness (QED) is 0.293. The molecule has 0 aliphatic heterocycles. The predicted molar refractivity (Wildman–Crippen MR) is 92.6 cm³/mol. The van der Waals surface area contributed by atoms with Gasteiger partial charge in [-0.2, -0.15) is 0 Å². The first-order valence-corrected chi connectivity index (χ1v) is 8.47. The smallest absolute Gasteiger partial charge is 0.346 e. The van der Waals surface area contributed by atoms with Crippen LogP contribution in [-0.2, 0) is 4.79 Å². The number of halogens is 2. The molecular weight excluding hydrogens is 347 g/mol. The second-order valence-electron chi connectivity index (χ2n) is 5.29. The van der Waals surface area contributed by atoms with Crippen molar-refractivity contribution < 1.29 is 23.5 Å². The van der Waals surface area contributed by atoms with Crippen molar-refractivity contribution in [2.45, 2.75) is 25.7 Å². The van der Waals surface area contributed by atoms with E-state index in [0.717, 1.165) is 12.8 Å². The van der Waals surface area contributed by atoms with Gasteiger partial charge >= 0.3 is 11.9 Å². The Kier molecular flexibility index (Phi) is 7.41. The van der Waals surface area contributed by atoms with Crippen LogP contribution < -0.4 is 9.47 Å². The van der Waals surface area contributed by atoms with Gasteiger partial charge < -0.3 is 9.47 Å². The van der Waals surface area contributed by atoms with E-state index in [9.17, 15) is 14.0 Å². The van der Waals surface area contributed by atoms with E-state index >= 15 is 0 Å². The number of unbranched alkanes of at least 4 members (excludes halogenated alkanes) is 2. The first-order chi connectivity index (χ1) is 12.1.